The van der Waals surface area contributed by atoms with Crippen LogP contribution in [-0.2, 0) is 37.5 Å². The molecule has 0 amide bonds. The molecule has 260 valence electrons. The number of carboxylic acid groups (broad SMARTS) is 1. The lowest BCUT2D eigenvalue weighted by atomic mass is 10.0. The monoisotopic (exact) mass is 651 g/mol. The summed E-state index contributed by atoms with van der Waals surface area (Å²) >= 11 is 0. The number of unbranched alkanes of at least 4 members (excludes halogenated alkanes) is 18. The van der Waals surface area contributed by atoms with E-state index >= 15 is 0 Å². The molecule has 0 bridgehead atoms. The van der Waals surface area contributed by atoms with Gasteiger partial charge in [-0.05, 0) is 12.8 Å². The summed E-state index contributed by atoms with van der Waals surface area (Å²) < 4.78 is 31.9. The predicted octanol–water partition coefficient (Wildman–Crippen LogP) is 7.61. The first-order valence-electron chi connectivity index (χ1n) is 17.1. The van der Waals surface area contributed by atoms with E-state index in [0.29, 0.717) is 12.8 Å². The molecular formula is C32H62NO10P. The topological polar surface area (TPSA) is 172 Å². The van der Waals surface area contributed by atoms with Crippen molar-refractivity contribution in [2.24, 2.45) is 5.73 Å². The Hall–Kier alpha value is -1.52. The second kappa shape index (κ2) is 28.9. The van der Waals surface area contributed by atoms with Gasteiger partial charge in [-0.25, -0.2) is 4.57 Å². The highest BCUT2D eigenvalue weighted by Crippen LogP contribution is 2.43. The van der Waals surface area contributed by atoms with Crippen LogP contribution in [0.5, 0.6) is 0 Å². The third-order valence-corrected chi connectivity index (χ3v) is 8.28. The minimum atomic E-state index is -4.68. The molecule has 11 nitrogen and oxygen atoms in total. The molecule has 4 N–H and O–H groups in total. The van der Waals surface area contributed by atoms with Crippen molar-refractivity contribution in [2.45, 2.75) is 167 Å². The van der Waals surface area contributed by atoms with E-state index in [2.05, 4.69) is 11.4 Å². The van der Waals surface area contributed by atoms with E-state index in [9.17, 15) is 23.8 Å². The number of hydrogen-bond acceptors (Lipinski definition) is 9. The second-order valence-corrected chi connectivity index (χ2v) is 13.1. The molecule has 0 spiro atoms. The molecule has 0 radical (unpaired) electrons. The molecule has 0 aliphatic rings. The number of ether oxygens (including phenoxy) is 2. The molecule has 0 aromatic heterocycles. The molecule has 0 aromatic carbocycles. The molecule has 0 saturated heterocycles. The highest BCUT2D eigenvalue weighted by molar-refractivity contribution is 7.47. The standard InChI is InChI=1S/C32H62NO10P/c1-3-5-6-7-8-9-10-11-12-13-14-15-16-17-18-19-20-21-22-24-31(35)43-28(25-40-30(34)23-4-2)26-41-44(38,39)42-27-29(33)32(36)37/h28-29H,3-27,33H2,1-2H3,(H,36,37)(H,38,39). The van der Waals surface area contributed by atoms with Gasteiger partial charge in [0.1, 0.15) is 12.6 Å². The summed E-state index contributed by atoms with van der Waals surface area (Å²) in [5.74, 6) is -2.43. The molecule has 0 aliphatic carbocycles. The zero-order valence-electron chi connectivity index (χ0n) is 27.5. The molecule has 3 atom stereocenters. The fraction of sp³-hybridized carbons (Fsp3) is 0.906. The predicted molar refractivity (Wildman–Crippen MR) is 171 cm³/mol. The average molecular weight is 652 g/mol. The number of phosphoric ester groups is 1. The summed E-state index contributed by atoms with van der Waals surface area (Å²) in [5, 5.41) is 8.76. The molecule has 44 heavy (non-hydrogen) atoms. The minimum absolute atomic E-state index is 0.166. The van der Waals surface area contributed by atoms with Crippen LogP contribution in [0, 0.1) is 0 Å². The van der Waals surface area contributed by atoms with Crippen LogP contribution in [0.25, 0.3) is 0 Å². The number of carbonyl (C=O) groups excluding carboxylic acids is 2. The van der Waals surface area contributed by atoms with Crippen molar-refractivity contribution < 1.29 is 47.5 Å². The lowest BCUT2D eigenvalue weighted by Crippen LogP contribution is -2.34. The van der Waals surface area contributed by atoms with Crippen LogP contribution in [0.2, 0.25) is 0 Å². The van der Waals surface area contributed by atoms with Crippen molar-refractivity contribution in [2.75, 3.05) is 19.8 Å². The van der Waals surface area contributed by atoms with E-state index in [1.54, 1.807) is 0 Å². The SMILES string of the molecule is CCCCCCCCCCCCCCCCCCCCCC(=O)OC(COC(=O)CCC)COP(=O)(O)OCC(N)C(=O)O. The number of rotatable bonds is 32. The molecule has 0 fully saturated rings. The van der Waals surface area contributed by atoms with Crippen molar-refractivity contribution >= 4 is 25.7 Å². The first-order chi connectivity index (χ1) is 21.1. The van der Waals surface area contributed by atoms with Gasteiger partial charge in [-0.1, -0.05) is 129 Å². The lowest BCUT2D eigenvalue weighted by molar-refractivity contribution is -0.161. The molecule has 0 rings (SSSR count). The maximum absolute atomic E-state index is 12.4. The Morgan fingerprint density at radius 1 is 0.614 bits per heavy atom. The Kier molecular flexibility index (Phi) is 27.9. The van der Waals surface area contributed by atoms with Crippen molar-refractivity contribution in [1.29, 1.82) is 0 Å². The van der Waals surface area contributed by atoms with Gasteiger partial charge in [-0.2, -0.15) is 0 Å². The third kappa shape index (κ3) is 28.0. The van der Waals surface area contributed by atoms with Gasteiger partial charge in [0.05, 0.1) is 13.2 Å². The fourth-order valence-electron chi connectivity index (χ4n) is 4.63. The maximum atomic E-state index is 12.4. The highest BCUT2D eigenvalue weighted by Gasteiger charge is 2.28. The summed E-state index contributed by atoms with van der Waals surface area (Å²) in [5.41, 5.74) is 5.26. The summed E-state index contributed by atoms with van der Waals surface area (Å²) in [6, 6.07) is -1.51. The van der Waals surface area contributed by atoms with Crippen LogP contribution < -0.4 is 5.73 Å². The van der Waals surface area contributed by atoms with E-state index < -0.39 is 51.1 Å². The zero-order chi connectivity index (χ0) is 32.9. The number of esters is 2. The van der Waals surface area contributed by atoms with Crippen molar-refractivity contribution in [3.63, 3.8) is 0 Å². The van der Waals surface area contributed by atoms with Gasteiger partial charge in [0.15, 0.2) is 6.10 Å². The van der Waals surface area contributed by atoms with Crippen molar-refractivity contribution in [1.82, 2.24) is 0 Å². The van der Waals surface area contributed by atoms with E-state index in [0.717, 1.165) is 19.3 Å². The summed E-state index contributed by atoms with van der Waals surface area (Å²) in [4.78, 5) is 44.6. The summed E-state index contributed by atoms with van der Waals surface area (Å²) in [6.45, 7) is 2.39. The second-order valence-electron chi connectivity index (χ2n) is 11.7. The van der Waals surface area contributed by atoms with Gasteiger partial charge in [0.25, 0.3) is 0 Å². The van der Waals surface area contributed by atoms with Gasteiger partial charge < -0.3 is 25.2 Å². The van der Waals surface area contributed by atoms with E-state index in [4.69, 9.17) is 24.8 Å². The highest BCUT2D eigenvalue weighted by atomic mass is 31.2. The molecule has 0 aliphatic heterocycles. The molecule has 3 unspecified atom stereocenters. The maximum Gasteiger partial charge on any atom is 0.472 e. The Morgan fingerprint density at radius 2 is 1.05 bits per heavy atom. The first kappa shape index (κ1) is 42.5. The van der Waals surface area contributed by atoms with Crippen LogP contribution in [0.3, 0.4) is 0 Å². The van der Waals surface area contributed by atoms with Gasteiger partial charge in [0, 0.05) is 12.8 Å². The first-order valence-corrected chi connectivity index (χ1v) is 18.6. The number of nitrogens with two attached hydrogens (primary N) is 1. The Balaban J connectivity index is 4.01. The normalized spacial score (nSPS) is 14.1. The number of phosphoric acid groups is 1. The Morgan fingerprint density at radius 3 is 1.48 bits per heavy atom. The summed E-state index contributed by atoms with van der Waals surface area (Å²) in [7, 11) is -4.68. The largest absolute Gasteiger partial charge is 0.480 e. The smallest absolute Gasteiger partial charge is 0.472 e. The molecular weight excluding hydrogens is 589 g/mol. The average Bonchev–Trinajstić information content (AvgIpc) is 2.98. The van der Waals surface area contributed by atoms with Crippen LogP contribution in [-0.4, -0.2) is 59.9 Å². The van der Waals surface area contributed by atoms with E-state index in [-0.39, 0.29) is 19.4 Å². The van der Waals surface area contributed by atoms with Crippen LogP contribution in [0.15, 0.2) is 0 Å². The van der Waals surface area contributed by atoms with Gasteiger partial charge >= 0.3 is 25.7 Å². The molecule has 0 heterocycles. The Bertz CT molecular complexity index is 782. The van der Waals surface area contributed by atoms with Crippen molar-refractivity contribution in [3.05, 3.63) is 0 Å². The van der Waals surface area contributed by atoms with Crippen molar-refractivity contribution in [3.8, 4) is 0 Å². The van der Waals surface area contributed by atoms with Crippen LogP contribution in [0.1, 0.15) is 155 Å². The molecule has 0 saturated carbocycles. The zero-order valence-corrected chi connectivity index (χ0v) is 28.4. The fourth-order valence-corrected chi connectivity index (χ4v) is 5.41. The van der Waals surface area contributed by atoms with Gasteiger partial charge in [-0.15, -0.1) is 0 Å². The Labute approximate surface area is 265 Å². The molecule has 0 aromatic rings. The number of carbonyl (C=O) groups is 3. The van der Waals surface area contributed by atoms with Gasteiger partial charge in [-0.3, -0.25) is 23.4 Å². The van der Waals surface area contributed by atoms with Crippen LogP contribution >= 0.6 is 7.82 Å². The quantitative estimate of drug-likeness (QED) is 0.0371. The number of aliphatic carboxylic acids is 1. The molecule has 12 heteroatoms. The lowest BCUT2D eigenvalue weighted by Gasteiger charge is -2.20. The van der Waals surface area contributed by atoms with E-state index in [1.165, 1.54) is 96.3 Å². The third-order valence-electron chi connectivity index (χ3n) is 7.32. The van der Waals surface area contributed by atoms with Gasteiger partial charge in [0.2, 0.25) is 0 Å². The minimum Gasteiger partial charge on any atom is -0.480 e. The van der Waals surface area contributed by atoms with Crippen LogP contribution in [0.4, 0.5) is 0 Å². The summed E-state index contributed by atoms with van der Waals surface area (Å²) in [6.07, 6.45) is 23.7. The number of hydrogen-bond donors (Lipinski definition) is 3. The number of carboxylic acids is 1. The van der Waals surface area contributed by atoms with E-state index in [1.807, 2.05) is 6.92 Å².